The van der Waals surface area contributed by atoms with Crippen molar-refractivity contribution >= 4 is 59.6 Å². The maximum absolute atomic E-state index is 13.2. The Hall–Kier alpha value is -5.54. The molecule has 0 aromatic heterocycles. The zero-order chi connectivity index (χ0) is 54.5. The molecule has 0 aliphatic carbocycles. The average molecular weight is 1050 g/mol. The van der Waals surface area contributed by atoms with E-state index >= 15 is 0 Å². The molecule has 414 valence electrons. The summed E-state index contributed by atoms with van der Waals surface area (Å²) < 4.78 is 83.0. The van der Waals surface area contributed by atoms with E-state index in [-0.39, 0.29) is 13.0 Å². The first-order chi connectivity index (χ1) is 34.4. The predicted molar refractivity (Wildman–Crippen MR) is 243 cm³/mol. The molecule has 3 aliphatic heterocycles. The van der Waals surface area contributed by atoms with Gasteiger partial charge in [-0.3, -0.25) is 47.9 Å². The van der Waals surface area contributed by atoms with Crippen LogP contribution in [0.1, 0.15) is 121 Å². The van der Waals surface area contributed by atoms with E-state index in [9.17, 15) is 47.9 Å². The van der Waals surface area contributed by atoms with E-state index in [1.54, 1.807) is 0 Å². The zero-order valence-corrected chi connectivity index (χ0v) is 43.2. The predicted octanol–water partition coefficient (Wildman–Crippen LogP) is 1.06. The van der Waals surface area contributed by atoms with Gasteiger partial charge in [0, 0.05) is 75.3 Å². The van der Waals surface area contributed by atoms with E-state index in [1.165, 1.54) is 6.92 Å². The summed E-state index contributed by atoms with van der Waals surface area (Å²) >= 11 is 0. The Morgan fingerprint density at radius 1 is 0.397 bits per heavy atom. The van der Waals surface area contributed by atoms with Crippen LogP contribution in [0.15, 0.2) is 0 Å². The summed E-state index contributed by atoms with van der Waals surface area (Å²) in [5, 5.41) is 5.29. The summed E-state index contributed by atoms with van der Waals surface area (Å²) in [7, 11) is 0. The second-order valence-electron chi connectivity index (χ2n) is 17.4. The lowest BCUT2D eigenvalue weighted by Gasteiger charge is -2.51. The van der Waals surface area contributed by atoms with E-state index < -0.39 is 171 Å². The van der Waals surface area contributed by atoms with Crippen molar-refractivity contribution in [3.8, 4) is 0 Å². The van der Waals surface area contributed by atoms with Crippen LogP contribution in [-0.2, 0) is 114 Å². The highest BCUT2D eigenvalue weighted by atomic mass is 16.8. The minimum atomic E-state index is -1.84. The molecule has 3 saturated heterocycles. The number of ether oxygens (including phenoxy) is 14. The molecule has 2 amide bonds. The summed E-state index contributed by atoms with van der Waals surface area (Å²) in [6.07, 6.45) is -16.0. The molecule has 73 heavy (non-hydrogen) atoms. The first-order valence-electron chi connectivity index (χ1n) is 24.2. The molecule has 0 aromatic rings. The highest BCUT2D eigenvalue weighted by molar-refractivity contribution is 5.76. The number of hydrogen-bond acceptors (Lipinski definition) is 24. The number of hydrogen-bond donors (Lipinski definition) is 2. The van der Waals surface area contributed by atoms with Gasteiger partial charge >= 0.3 is 47.8 Å². The molecule has 0 unspecified atom stereocenters. The average Bonchev–Trinajstić information content (AvgIpc) is 3.28. The fraction of sp³-hybridized carbons (Fsp3) is 0.787. The first-order valence-corrected chi connectivity index (χ1v) is 24.2. The number of esters is 8. The molecule has 0 spiro atoms. The van der Waals surface area contributed by atoms with Gasteiger partial charge in [-0.2, -0.15) is 0 Å². The molecule has 3 fully saturated rings. The second-order valence-corrected chi connectivity index (χ2v) is 17.4. The monoisotopic (exact) mass is 1050 g/mol. The lowest BCUT2D eigenvalue weighted by molar-refractivity contribution is -0.368. The Morgan fingerprint density at radius 2 is 0.767 bits per heavy atom. The summed E-state index contributed by atoms with van der Waals surface area (Å²) in [6.45, 7) is 11.4. The lowest BCUT2D eigenvalue weighted by Crippen LogP contribution is -2.71. The highest BCUT2D eigenvalue weighted by Crippen LogP contribution is 2.37. The van der Waals surface area contributed by atoms with Crippen LogP contribution in [0.4, 0.5) is 0 Å². The maximum Gasteiger partial charge on any atom is 0.303 e. The smallest absolute Gasteiger partial charge is 0.303 e. The van der Waals surface area contributed by atoms with Crippen molar-refractivity contribution in [2.45, 2.75) is 213 Å². The Morgan fingerprint density at radius 3 is 1.21 bits per heavy atom. The number of carbonyl (C=O) groups is 10. The Labute approximate surface area is 423 Å². The van der Waals surface area contributed by atoms with E-state index in [0.29, 0.717) is 6.42 Å². The molecule has 3 aliphatic rings. The number of amides is 2. The van der Waals surface area contributed by atoms with E-state index in [2.05, 4.69) is 17.6 Å². The van der Waals surface area contributed by atoms with Gasteiger partial charge in [-0.25, -0.2) is 0 Å². The number of nitrogens with one attached hydrogen (secondary N) is 2. The van der Waals surface area contributed by atoms with Gasteiger partial charge in [0.1, 0.15) is 56.3 Å². The normalized spacial score (nSPS) is 29.8. The van der Waals surface area contributed by atoms with Gasteiger partial charge in [-0.05, 0) is 6.42 Å². The summed E-state index contributed by atoms with van der Waals surface area (Å²) in [4.78, 5) is 127. The van der Waals surface area contributed by atoms with Gasteiger partial charge in [0.25, 0.3) is 0 Å². The van der Waals surface area contributed by atoms with Crippen LogP contribution >= 0.6 is 0 Å². The van der Waals surface area contributed by atoms with Crippen molar-refractivity contribution in [2.24, 2.45) is 0 Å². The number of carbonyl (C=O) groups excluding carboxylic acids is 10. The Kier molecular flexibility index (Phi) is 25.9. The third kappa shape index (κ3) is 20.4. The third-order valence-corrected chi connectivity index (χ3v) is 11.1. The standard InChI is InChI=1S/C47H72N2O24/c1-12-14-15-16-17-18-19-60-47-44(43(68-31(11)58)40(65-28(8)55)34(71-47)22-63-26(6)53)73-45-36(48-23(3)50)41(66-29(9)56)39(33(70-45)21-62-25(5)52)72-46-37(49-35(59)13-2)42(67-30(10)57)38(64-27(7)54)32(69-46)20-61-24(4)51/h32-34,36-47H,12-22H2,1-11H3,(H,48,50)(H,49,59)/t32-,33-,34-,36-,37-,38+,39-,40-,41-,42-,43+,44+,45+,46+,47+/m1/s1. The minimum Gasteiger partial charge on any atom is -0.463 e. The molecule has 0 aromatic carbocycles. The van der Waals surface area contributed by atoms with Crippen LogP contribution < -0.4 is 10.6 Å². The second kappa shape index (κ2) is 30.6. The van der Waals surface area contributed by atoms with Crippen LogP contribution in [0.2, 0.25) is 0 Å². The van der Waals surface area contributed by atoms with Gasteiger partial charge in [-0.1, -0.05) is 46.0 Å². The molecule has 3 rings (SSSR count). The molecule has 2 N–H and O–H groups in total. The van der Waals surface area contributed by atoms with E-state index in [1.807, 2.05) is 0 Å². The van der Waals surface area contributed by atoms with Crippen molar-refractivity contribution in [2.75, 3.05) is 26.4 Å². The van der Waals surface area contributed by atoms with Gasteiger partial charge in [-0.15, -0.1) is 0 Å². The SMILES string of the molecule is CCCCCCCCO[C@H]1O[C@H](COC(C)=O)[C@@H](OC(C)=O)[C@H](OC(C)=O)[C@@H]1O[C@@H]1O[C@H](COC(C)=O)[C@@H](O[C@@H]2O[C@H](COC(C)=O)[C@H](OC(C)=O)[C@H](OC(C)=O)[C@H]2NC(=O)CC)[C@H](OC(C)=O)[C@H]1NC(C)=O. The first kappa shape index (κ1) is 61.8. The van der Waals surface area contributed by atoms with Gasteiger partial charge < -0.3 is 76.9 Å². The molecule has 0 bridgehead atoms. The van der Waals surface area contributed by atoms with Crippen LogP contribution in [-0.4, -0.2) is 178 Å². The van der Waals surface area contributed by atoms with Gasteiger partial charge in [0.05, 0.1) is 0 Å². The molecule has 26 nitrogen and oxygen atoms in total. The zero-order valence-electron chi connectivity index (χ0n) is 43.2. The highest BCUT2D eigenvalue weighted by Gasteiger charge is 2.59. The van der Waals surface area contributed by atoms with Crippen molar-refractivity contribution in [1.29, 1.82) is 0 Å². The van der Waals surface area contributed by atoms with E-state index in [0.717, 1.165) is 94.4 Å². The molecule has 26 heteroatoms. The van der Waals surface area contributed by atoms with Gasteiger partial charge in [0.2, 0.25) is 11.8 Å². The molecule has 15 atom stereocenters. The summed E-state index contributed by atoms with van der Waals surface area (Å²) in [5.41, 5.74) is 0. The Bertz CT molecular complexity index is 1900. The summed E-state index contributed by atoms with van der Waals surface area (Å²) in [6, 6.07) is -3.22. The number of rotatable bonds is 26. The van der Waals surface area contributed by atoms with Crippen molar-refractivity contribution in [1.82, 2.24) is 10.6 Å². The maximum atomic E-state index is 13.2. The fourth-order valence-electron chi connectivity index (χ4n) is 8.24. The van der Waals surface area contributed by atoms with Gasteiger partial charge in [0.15, 0.2) is 55.5 Å². The van der Waals surface area contributed by atoms with Crippen molar-refractivity contribution in [3.05, 3.63) is 0 Å². The van der Waals surface area contributed by atoms with Crippen LogP contribution in [0.3, 0.4) is 0 Å². The van der Waals surface area contributed by atoms with E-state index in [4.69, 9.17) is 66.3 Å². The fourth-order valence-corrected chi connectivity index (χ4v) is 8.24. The Balaban J connectivity index is 2.29. The lowest BCUT2D eigenvalue weighted by atomic mass is 9.93. The number of unbranched alkanes of at least 4 members (excludes halogenated alkanes) is 5. The molecule has 3 heterocycles. The quantitative estimate of drug-likeness (QED) is 0.0695. The topological polar surface area (TPSA) is 324 Å². The minimum absolute atomic E-state index is 0.0475. The van der Waals surface area contributed by atoms with Crippen LogP contribution in [0.5, 0.6) is 0 Å². The summed E-state index contributed by atoms with van der Waals surface area (Å²) in [5.74, 6) is -8.28. The molecular weight excluding hydrogens is 977 g/mol. The third-order valence-electron chi connectivity index (χ3n) is 11.1. The van der Waals surface area contributed by atoms with Crippen LogP contribution in [0, 0.1) is 0 Å². The molecular formula is C47H72N2O24. The molecule has 0 saturated carbocycles. The molecule has 0 radical (unpaired) electrons. The largest absolute Gasteiger partial charge is 0.463 e. The van der Waals surface area contributed by atoms with Crippen molar-refractivity contribution in [3.63, 3.8) is 0 Å². The van der Waals surface area contributed by atoms with Crippen LogP contribution in [0.25, 0.3) is 0 Å². The van der Waals surface area contributed by atoms with Crippen molar-refractivity contribution < 1.29 is 114 Å².